The van der Waals surface area contributed by atoms with Gasteiger partial charge in [-0.15, -0.1) is 0 Å². The van der Waals surface area contributed by atoms with Crippen LogP contribution in [0.2, 0.25) is 0 Å². The third kappa shape index (κ3) is 0.714. The van der Waals surface area contributed by atoms with E-state index in [1.54, 1.807) is 44.9 Å². The molecule has 0 aromatic carbocycles. The molecule has 0 aromatic rings. The second kappa shape index (κ2) is 1.99. The Kier molecular flexibility index (Phi) is 1.12. The molecule has 0 bridgehead atoms. The first-order valence-electron chi connectivity index (χ1n) is 6.39. The summed E-state index contributed by atoms with van der Waals surface area (Å²) >= 11 is 0. The van der Waals surface area contributed by atoms with E-state index < -0.39 is 0 Å². The molecule has 72 valence electrons. The standard InChI is InChI=1S/C13H20/c1-2-4-6-11-10(5-3-1)13(11)9-12(13)7-8-12/h10-11H,1-9H2/t10-,11+,13?. The molecule has 0 heteroatoms. The van der Waals surface area contributed by atoms with Gasteiger partial charge in [0.1, 0.15) is 0 Å². The summed E-state index contributed by atoms with van der Waals surface area (Å²) in [5.74, 6) is 2.44. The fourth-order valence-corrected chi connectivity index (χ4v) is 4.96. The van der Waals surface area contributed by atoms with Crippen LogP contribution in [0, 0.1) is 22.7 Å². The summed E-state index contributed by atoms with van der Waals surface area (Å²) in [6, 6.07) is 0. The van der Waals surface area contributed by atoms with Crippen molar-refractivity contribution < 1.29 is 0 Å². The summed E-state index contributed by atoms with van der Waals surface area (Å²) in [4.78, 5) is 0. The maximum Gasteiger partial charge on any atom is -0.0173 e. The van der Waals surface area contributed by atoms with Crippen LogP contribution < -0.4 is 0 Å². The van der Waals surface area contributed by atoms with Gasteiger partial charge in [-0.3, -0.25) is 0 Å². The van der Waals surface area contributed by atoms with E-state index in [-0.39, 0.29) is 0 Å². The topological polar surface area (TPSA) is 0 Å². The van der Waals surface area contributed by atoms with E-state index in [1.165, 1.54) is 24.7 Å². The summed E-state index contributed by atoms with van der Waals surface area (Å²) in [6.45, 7) is 0. The van der Waals surface area contributed by atoms with Crippen molar-refractivity contribution in [3.05, 3.63) is 0 Å². The van der Waals surface area contributed by atoms with Gasteiger partial charge in [-0.25, -0.2) is 0 Å². The zero-order valence-corrected chi connectivity index (χ0v) is 8.52. The Bertz CT molecular complexity index is 235. The molecule has 0 heterocycles. The van der Waals surface area contributed by atoms with Crippen LogP contribution in [0.4, 0.5) is 0 Å². The van der Waals surface area contributed by atoms with E-state index in [1.807, 2.05) is 0 Å². The number of hydrogen-bond acceptors (Lipinski definition) is 0. The minimum atomic E-state index is 0.979. The van der Waals surface area contributed by atoms with E-state index >= 15 is 0 Å². The van der Waals surface area contributed by atoms with Gasteiger partial charge in [0.15, 0.2) is 0 Å². The summed E-state index contributed by atoms with van der Waals surface area (Å²) in [5.41, 5.74) is 1.96. The molecule has 1 unspecified atom stereocenters. The first-order valence-corrected chi connectivity index (χ1v) is 6.39. The number of fused-ring (bicyclic) bond motifs is 4. The van der Waals surface area contributed by atoms with Crippen LogP contribution in [-0.4, -0.2) is 0 Å². The molecular formula is C13H20. The first-order chi connectivity index (χ1) is 6.39. The maximum absolute atomic E-state index is 1.66. The Balaban J connectivity index is 1.57. The van der Waals surface area contributed by atoms with E-state index in [9.17, 15) is 0 Å². The molecule has 0 aliphatic heterocycles. The van der Waals surface area contributed by atoms with Gasteiger partial charge in [0.2, 0.25) is 0 Å². The average molecular weight is 176 g/mol. The SMILES string of the molecule is C1CCC[C@H]2[C@@H](CC1)C21CC12CC2. The van der Waals surface area contributed by atoms with Gasteiger partial charge in [0, 0.05) is 0 Å². The van der Waals surface area contributed by atoms with Gasteiger partial charge in [-0.2, -0.15) is 0 Å². The molecule has 4 rings (SSSR count). The normalized spacial score (nSPS) is 55.4. The zero-order chi connectivity index (χ0) is 8.52. The van der Waals surface area contributed by atoms with Crippen molar-refractivity contribution in [3.8, 4) is 0 Å². The minimum Gasteiger partial charge on any atom is -0.0533 e. The molecule has 0 saturated heterocycles. The van der Waals surface area contributed by atoms with Crippen molar-refractivity contribution in [3.63, 3.8) is 0 Å². The van der Waals surface area contributed by atoms with Crippen molar-refractivity contribution in [2.45, 2.75) is 57.8 Å². The predicted molar refractivity (Wildman–Crippen MR) is 53.4 cm³/mol. The van der Waals surface area contributed by atoms with Crippen LogP contribution in [0.5, 0.6) is 0 Å². The van der Waals surface area contributed by atoms with Gasteiger partial charge >= 0.3 is 0 Å². The van der Waals surface area contributed by atoms with Crippen LogP contribution >= 0.6 is 0 Å². The summed E-state index contributed by atoms with van der Waals surface area (Å²) in [5, 5.41) is 0. The van der Waals surface area contributed by atoms with E-state index in [0.717, 1.165) is 10.8 Å². The number of hydrogen-bond donors (Lipinski definition) is 0. The van der Waals surface area contributed by atoms with Gasteiger partial charge in [-0.1, -0.05) is 25.7 Å². The quantitative estimate of drug-likeness (QED) is 0.527. The molecule has 4 saturated carbocycles. The summed E-state index contributed by atoms with van der Waals surface area (Å²) in [6.07, 6.45) is 14.3. The predicted octanol–water partition coefficient (Wildman–Crippen LogP) is 3.76. The molecule has 0 radical (unpaired) electrons. The molecule has 4 fully saturated rings. The second-order valence-electron chi connectivity index (χ2n) is 6.20. The van der Waals surface area contributed by atoms with Crippen molar-refractivity contribution >= 4 is 0 Å². The Morgan fingerprint density at radius 3 is 1.85 bits per heavy atom. The van der Waals surface area contributed by atoms with Crippen molar-refractivity contribution in [2.75, 3.05) is 0 Å². The van der Waals surface area contributed by atoms with Gasteiger partial charge in [0.25, 0.3) is 0 Å². The van der Waals surface area contributed by atoms with Crippen molar-refractivity contribution in [2.24, 2.45) is 22.7 Å². The third-order valence-corrected chi connectivity index (χ3v) is 5.83. The van der Waals surface area contributed by atoms with Gasteiger partial charge < -0.3 is 0 Å². The van der Waals surface area contributed by atoms with Crippen LogP contribution in [0.1, 0.15) is 57.8 Å². The van der Waals surface area contributed by atoms with E-state index in [2.05, 4.69) is 0 Å². The van der Waals surface area contributed by atoms with Crippen LogP contribution in [-0.2, 0) is 0 Å². The van der Waals surface area contributed by atoms with Crippen LogP contribution in [0.3, 0.4) is 0 Å². The lowest BCUT2D eigenvalue weighted by Gasteiger charge is -2.05. The fourth-order valence-electron chi connectivity index (χ4n) is 4.96. The smallest absolute Gasteiger partial charge is 0.0173 e. The largest absolute Gasteiger partial charge is 0.0533 e. The van der Waals surface area contributed by atoms with Crippen LogP contribution in [0.15, 0.2) is 0 Å². The highest BCUT2D eigenvalue weighted by molar-refractivity contribution is 5.35. The fraction of sp³-hybridized carbons (Fsp3) is 1.00. The van der Waals surface area contributed by atoms with Crippen LogP contribution in [0.25, 0.3) is 0 Å². The summed E-state index contributed by atoms with van der Waals surface area (Å²) < 4.78 is 0. The third-order valence-electron chi connectivity index (χ3n) is 5.83. The van der Waals surface area contributed by atoms with Gasteiger partial charge in [0.05, 0.1) is 0 Å². The lowest BCUT2D eigenvalue weighted by atomic mass is 10.0. The first kappa shape index (κ1) is 7.31. The molecule has 0 amide bonds. The molecule has 13 heavy (non-hydrogen) atoms. The molecule has 0 N–H and O–H groups in total. The van der Waals surface area contributed by atoms with E-state index in [0.29, 0.717) is 0 Å². The maximum atomic E-state index is 1.66. The second-order valence-corrected chi connectivity index (χ2v) is 6.20. The summed E-state index contributed by atoms with van der Waals surface area (Å²) in [7, 11) is 0. The highest BCUT2D eigenvalue weighted by Crippen LogP contribution is 2.94. The molecular weight excluding hydrogens is 156 g/mol. The molecule has 4 aliphatic rings. The Labute approximate surface area is 81.1 Å². The molecule has 0 aromatic heterocycles. The lowest BCUT2D eigenvalue weighted by molar-refractivity contribution is 0.485. The lowest BCUT2D eigenvalue weighted by Crippen LogP contribution is -1.90. The monoisotopic (exact) mass is 176 g/mol. The average Bonchev–Trinajstić information content (AvgIpc) is 2.95. The Morgan fingerprint density at radius 1 is 0.769 bits per heavy atom. The Morgan fingerprint density at radius 2 is 1.38 bits per heavy atom. The van der Waals surface area contributed by atoms with Gasteiger partial charge in [-0.05, 0) is 54.8 Å². The molecule has 4 aliphatic carbocycles. The van der Waals surface area contributed by atoms with E-state index in [4.69, 9.17) is 0 Å². The zero-order valence-electron chi connectivity index (χ0n) is 8.52. The molecule has 0 nitrogen and oxygen atoms in total. The number of rotatable bonds is 0. The highest BCUT2D eigenvalue weighted by atomic mass is 14.9. The highest BCUT2D eigenvalue weighted by Gasteiger charge is 2.87. The van der Waals surface area contributed by atoms with Crippen molar-refractivity contribution in [1.82, 2.24) is 0 Å². The Hall–Kier alpha value is 0. The minimum absolute atomic E-state index is 0.979. The molecule has 3 atom stereocenters. The molecule has 2 spiro atoms. The van der Waals surface area contributed by atoms with Crippen molar-refractivity contribution in [1.29, 1.82) is 0 Å².